The van der Waals surface area contributed by atoms with Crippen LogP contribution >= 0.6 is 0 Å². The lowest BCUT2D eigenvalue weighted by atomic mass is 10.1. The van der Waals surface area contributed by atoms with Crippen LogP contribution in [-0.4, -0.2) is 14.2 Å². The van der Waals surface area contributed by atoms with E-state index < -0.39 is 10.1 Å². The van der Waals surface area contributed by atoms with Crippen molar-refractivity contribution in [3.8, 4) is 0 Å². The first kappa shape index (κ1) is 10.9. The minimum Gasteiger partial charge on any atom is -0.197 e. The van der Waals surface area contributed by atoms with Crippen molar-refractivity contribution in [1.82, 2.24) is 0 Å². The summed E-state index contributed by atoms with van der Waals surface area (Å²) in [5.41, 5.74) is 0. The van der Waals surface area contributed by atoms with E-state index in [1.54, 1.807) is 6.92 Å². The molecule has 0 amide bonds. The molecule has 0 aliphatic carbocycles. The van der Waals surface area contributed by atoms with Crippen molar-refractivity contribution in [3.63, 3.8) is 0 Å². The molecule has 0 saturated carbocycles. The lowest BCUT2D eigenvalue weighted by Crippen LogP contribution is -2.11. The molecule has 0 saturated heterocycles. The van der Waals surface area contributed by atoms with Crippen LogP contribution in [0.5, 0.6) is 0 Å². The summed E-state index contributed by atoms with van der Waals surface area (Å²) in [6.45, 7) is 3.84. The van der Waals surface area contributed by atoms with Gasteiger partial charge >= 0.3 is 0 Å². The fraction of sp³-hybridized carbons (Fsp3) is 1.00. The van der Waals surface area contributed by atoms with E-state index in [4.69, 9.17) is 0 Å². The van der Waals surface area contributed by atoms with E-state index in [1.807, 2.05) is 6.92 Å². The molecule has 0 aromatic carbocycles. The highest BCUT2D eigenvalue weighted by Gasteiger charge is 2.12. The van der Waals surface area contributed by atoms with Crippen molar-refractivity contribution in [1.29, 1.82) is 0 Å². The van der Waals surface area contributed by atoms with Gasteiger partial charge < -0.3 is 0 Å². The predicted octanol–water partition coefficient (Wildman–Crippen LogP) is 1.57. The van der Waals surface area contributed by atoms with Crippen LogP contribution in [0, 0.1) is 5.92 Å². The molecule has 1 radical (unpaired) electrons. The lowest BCUT2D eigenvalue weighted by Gasteiger charge is -2.05. The van der Waals surface area contributed by atoms with Crippen LogP contribution in [0.4, 0.5) is 0 Å². The van der Waals surface area contributed by atoms with Crippen LogP contribution in [0.25, 0.3) is 0 Å². The summed E-state index contributed by atoms with van der Waals surface area (Å²) in [5.74, 6) is -0.204. The molecular weight excluding hydrogens is 164 g/mol. The van der Waals surface area contributed by atoms with Gasteiger partial charge in [0.1, 0.15) is 0 Å². The molecule has 0 N–H and O–H groups in total. The Morgan fingerprint density at radius 1 is 1.36 bits per heavy atom. The van der Waals surface area contributed by atoms with Gasteiger partial charge in [-0.05, 0) is 12.3 Å². The Kier molecular flexibility index (Phi) is 4.68. The third-order valence-electron chi connectivity index (χ3n) is 1.54. The number of hydrogen-bond acceptors (Lipinski definition) is 2. The molecular formula is C7H15O3S. The summed E-state index contributed by atoms with van der Waals surface area (Å²) >= 11 is 0. The predicted molar refractivity (Wildman–Crippen MR) is 43.2 cm³/mol. The topological polar surface area (TPSA) is 54.0 Å². The van der Waals surface area contributed by atoms with Gasteiger partial charge in [-0.2, -0.15) is 8.42 Å². The summed E-state index contributed by atoms with van der Waals surface area (Å²) in [6.07, 6.45) is 2.87. The maximum absolute atomic E-state index is 10.2. The van der Waals surface area contributed by atoms with Crippen molar-refractivity contribution in [2.75, 3.05) is 5.75 Å². The van der Waals surface area contributed by atoms with Crippen molar-refractivity contribution in [2.24, 2.45) is 5.92 Å². The molecule has 0 aromatic heterocycles. The molecule has 1 atom stereocenters. The number of rotatable bonds is 5. The second-order valence-electron chi connectivity index (χ2n) is 2.97. The molecule has 3 nitrogen and oxygen atoms in total. The van der Waals surface area contributed by atoms with E-state index in [0.717, 1.165) is 19.3 Å². The normalized spacial score (nSPS) is 14.8. The maximum Gasteiger partial charge on any atom is 0.294 e. The Balaban J connectivity index is 3.61. The molecule has 0 bridgehead atoms. The number of unbranched alkanes of at least 4 members (excludes halogenated alkanes) is 1. The summed E-state index contributed by atoms with van der Waals surface area (Å²) < 4.78 is 30.7. The maximum atomic E-state index is 10.2. The molecule has 0 heterocycles. The van der Waals surface area contributed by atoms with Gasteiger partial charge in [-0.1, -0.05) is 31.2 Å². The highest BCUT2D eigenvalue weighted by atomic mass is 32.2. The molecule has 11 heavy (non-hydrogen) atoms. The van der Waals surface area contributed by atoms with Gasteiger partial charge in [-0.15, -0.1) is 0 Å². The Morgan fingerprint density at radius 2 is 1.91 bits per heavy atom. The van der Waals surface area contributed by atoms with Crippen molar-refractivity contribution < 1.29 is 13.0 Å². The van der Waals surface area contributed by atoms with Crippen molar-refractivity contribution in [2.45, 2.75) is 33.1 Å². The minimum absolute atomic E-state index is 0.0115. The van der Waals surface area contributed by atoms with Crippen molar-refractivity contribution in [3.05, 3.63) is 0 Å². The van der Waals surface area contributed by atoms with Gasteiger partial charge in [0.05, 0.1) is 5.75 Å². The Morgan fingerprint density at radius 3 is 2.27 bits per heavy atom. The Labute approximate surface area is 68.6 Å². The SMILES string of the molecule is CCCCC(C)CS([O])(=O)=O. The van der Waals surface area contributed by atoms with Crippen LogP contribution in [-0.2, 0) is 14.7 Å². The third-order valence-corrected chi connectivity index (χ3v) is 2.52. The van der Waals surface area contributed by atoms with Crippen LogP contribution in [0.3, 0.4) is 0 Å². The van der Waals surface area contributed by atoms with Crippen molar-refractivity contribution >= 4 is 10.1 Å². The van der Waals surface area contributed by atoms with Gasteiger partial charge in [0.25, 0.3) is 10.1 Å². The van der Waals surface area contributed by atoms with Crippen LogP contribution in [0.2, 0.25) is 0 Å². The Bertz CT molecular complexity index is 184. The number of hydrogen-bond donors (Lipinski definition) is 0. The highest BCUT2D eigenvalue weighted by molar-refractivity contribution is 7.85. The van der Waals surface area contributed by atoms with Gasteiger partial charge in [-0.3, -0.25) is 0 Å². The fourth-order valence-electron chi connectivity index (χ4n) is 0.984. The molecule has 1 unspecified atom stereocenters. The van der Waals surface area contributed by atoms with E-state index in [2.05, 4.69) is 0 Å². The highest BCUT2D eigenvalue weighted by Crippen LogP contribution is 2.09. The summed E-state index contributed by atoms with van der Waals surface area (Å²) in [4.78, 5) is 0. The average molecular weight is 179 g/mol. The second kappa shape index (κ2) is 4.72. The van der Waals surface area contributed by atoms with E-state index in [-0.39, 0.29) is 11.7 Å². The standard InChI is InChI=1S/C7H15O3S/c1-3-4-5-7(2)6-11(8,9)10/h7H,3-6H2,1-2H3. The van der Waals surface area contributed by atoms with Gasteiger partial charge in [0.15, 0.2) is 0 Å². The molecule has 0 aliphatic rings. The molecule has 0 aliphatic heterocycles. The monoisotopic (exact) mass is 179 g/mol. The fourth-order valence-corrected chi connectivity index (χ4v) is 1.85. The second-order valence-corrected chi connectivity index (χ2v) is 4.42. The third kappa shape index (κ3) is 7.81. The molecule has 0 spiro atoms. The summed E-state index contributed by atoms with van der Waals surface area (Å²) in [5, 5.41) is 0. The zero-order valence-electron chi connectivity index (χ0n) is 7.04. The average Bonchev–Trinajstić information content (AvgIpc) is 1.79. The molecule has 67 valence electrons. The van der Waals surface area contributed by atoms with E-state index in [9.17, 15) is 13.0 Å². The summed E-state index contributed by atoms with van der Waals surface area (Å²) in [6, 6.07) is 0. The largest absolute Gasteiger partial charge is 0.294 e. The van der Waals surface area contributed by atoms with E-state index >= 15 is 0 Å². The first-order valence-electron chi connectivity index (χ1n) is 3.89. The molecule has 4 heteroatoms. The smallest absolute Gasteiger partial charge is 0.197 e. The van der Waals surface area contributed by atoms with Crippen LogP contribution in [0.1, 0.15) is 33.1 Å². The zero-order chi connectivity index (χ0) is 8.91. The molecule has 0 aromatic rings. The first-order valence-corrected chi connectivity index (χ1v) is 5.47. The Hall–Kier alpha value is -0.0900. The van der Waals surface area contributed by atoms with Crippen LogP contribution in [0.15, 0.2) is 0 Å². The zero-order valence-corrected chi connectivity index (χ0v) is 7.86. The van der Waals surface area contributed by atoms with Gasteiger partial charge in [0.2, 0.25) is 0 Å². The molecule has 0 fully saturated rings. The van der Waals surface area contributed by atoms with Crippen LogP contribution < -0.4 is 0 Å². The summed E-state index contributed by atoms with van der Waals surface area (Å²) in [7, 11) is -4.00. The lowest BCUT2D eigenvalue weighted by molar-refractivity contribution is 0.401. The minimum atomic E-state index is -4.00. The van der Waals surface area contributed by atoms with Gasteiger partial charge in [-0.25, -0.2) is 0 Å². The molecule has 0 rings (SSSR count). The van der Waals surface area contributed by atoms with Gasteiger partial charge in [0, 0.05) is 0 Å². The quantitative estimate of drug-likeness (QED) is 0.643. The van der Waals surface area contributed by atoms with E-state index in [0.29, 0.717) is 0 Å². The first-order chi connectivity index (χ1) is 4.95. The van der Waals surface area contributed by atoms with E-state index in [1.165, 1.54) is 0 Å².